The van der Waals surface area contributed by atoms with Gasteiger partial charge in [0.2, 0.25) is 5.91 Å². The third-order valence-electron chi connectivity index (χ3n) is 2.31. The first-order valence-corrected chi connectivity index (χ1v) is 5.46. The van der Waals surface area contributed by atoms with Crippen LogP contribution in [0, 0.1) is 0 Å². The minimum Gasteiger partial charge on any atom is -0.395 e. The highest BCUT2D eigenvalue weighted by molar-refractivity contribution is 9.10. The number of amides is 1. The second-order valence-corrected chi connectivity index (χ2v) is 4.25. The van der Waals surface area contributed by atoms with Gasteiger partial charge in [0.25, 0.3) is 0 Å². The molecule has 1 atom stereocenters. The molecule has 1 amide bonds. The van der Waals surface area contributed by atoms with Gasteiger partial charge in [0.15, 0.2) is 0 Å². The minimum absolute atomic E-state index is 0.0235. The van der Waals surface area contributed by atoms with Gasteiger partial charge < -0.3 is 10.4 Å². The van der Waals surface area contributed by atoms with Crippen molar-refractivity contribution in [3.63, 3.8) is 0 Å². The molecular formula is C10H11BrN2O2. The zero-order valence-corrected chi connectivity index (χ0v) is 9.54. The number of nitrogens with one attached hydrogen (secondary N) is 2. The van der Waals surface area contributed by atoms with Gasteiger partial charge in [-0.05, 0) is 12.1 Å². The molecule has 0 saturated heterocycles. The van der Waals surface area contributed by atoms with Gasteiger partial charge in [-0.2, -0.15) is 0 Å². The first kappa shape index (κ1) is 10.6. The van der Waals surface area contributed by atoms with E-state index < -0.39 is 0 Å². The summed E-state index contributed by atoms with van der Waals surface area (Å²) in [6.07, 6.45) is 0. The third-order valence-corrected chi connectivity index (χ3v) is 2.80. The smallest absolute Gasteiger partial charge is 0.246 e. The van der Waals surface area contributed by atoms with Crippen LogP contribution in [0.1, 0.15) is 11.6 Å². The van der Waals surface area contributed by atoms with Crippen LogP contribution in [-0.2, 0) is 4.79 Å². The van der Waals surface area contributed by atoms with Crippen LogP contribution in [0.5, 0.6) is 0 Å². The van der Waals surface area contributed by atoms with E-state index in [2.05, 4.69) is 26.6 Å². The van der Waals surface area contributed by atoms with Crippen LogP contribution in [0.3, 0.4) is 0 Å². The second-order valence-electron chi connectivity index (χ2n) is 3.33. The molecule has 0 saturated carbocycles. The fraction of sp³-hybridized carbons (Fsp3) is 0.300. The number of hydrogen-bond acceptors (Lipinski definition) is 3. The standard InChI is InChI=1S/C10H11BrN2O2/c11-6-1-2-7-8(5-6)13-10(15)9(7)12-3-4-14/h1-2,5,9,12,14H,3-4H2,(H,13,15). The number of carbonyl (C=O) groups excluding carboxylic acids is 1. The zero-order valence-electron chi connectivity index (χ0n) is 7.96. The third kappa shape index (κ3) is 2.04. The summed E-state index contributed by atoms with van der Waals surface area (Å²) >= 11 is 3.35. The Labute approximate surface area is 95.8 Å². The van der Waals surface area contributed by atoms with Crippen molar-refractivity contribution in [1.82, 2.24) is 5.32 Å². The van der Waals surface area contributed by atoms with Crippen LogP contribution in [0.4, 0.5) is 5.69 Å². The lowest BCUT2D eigenvalue weighted by Gasteiger charge is -2.09. The van der Waals surface area contributed by atoms with E-state index in [4.69, 9.17) is 5.11 Å². The molecule has 2 rings (SSSR count). The van der Waals surface area contributed by atoms with Crippen molar-refractivity contribution in [2.45, 2.75) is 6.04 Å². The van der Waals surface area contributed by atoms with E-state index in [1.165, 1.54) is 0 Å². The molecule has 3 N–H and O–H groups in total. The molecular weight excluding hydrogens is 260 g/mol. The van der Waals surface area contributed by atoms with Gasteiger partial charge in [-0.15, -0.1) is 0 Å². The van der Waals surface area contributed by atoms with E-state index in [-0.39, 0.29) is 18.6 Å². The fourth-order valence-electron chi connectivity index (χ4n) is 1.65. The normalized spacial score (nSPS) is 18.8. The quantitative estimate of drug-likeness (QED) is 0.769. The summed E-state index contributed by atoms with van der Waals surface area (Å²) in [4.78, 5) is 11.6. The van der Waals surface area contributed by atoms with Gasteiger partial charge in [0.1, 0.15) is 6.04 Å². The number of rotatable bonds is 3. The predicted molar refractivity (Wildman–Crippen MR) is 60.6 cm³/mol. The molecule has 1 aliphatic heterocycles. The Morgan fingerprint density at radius 2 is 2.33 bits per heavy atom. The van der Waals surface area contributed by atoms with E-state index in [9.17, 15) is 4.79 Å². The maximum absolute atomic E-state index is 11.6. The van der Waals surface area contributed by atoms with E-state index in [1.54, 1.807) is 0 Å². The highest BCUT2D eigenvalue weighted by Crippen LogP contribution is 2.32. The number of fused-ring (bicyclic) bond motifs is 1. The van der Waals surface area contributed by atoms with E-state index >= 15 is 0 Å². The molecule has 1 unspecified atom stereocenters. The van der Waals surface area contributed by atoms with Gasteiger partial charge in [-0.25, -0.2) is 0 Å². The number of benzene rings is 1. The number of hydrogen-bond donors (Lipinski definition) is 3. The summed E-state index contributed by atoms with van der Waals surface area (Å²) in [6, 6.07) is 5.31. The molecule has 5 heteroatoms. The minimum atomic E-state index is -0.347. The highest BCUT2D eigenvalue weighted by Gasteiger charge is 2.29. The fourth-order valence-corrected chi connectivity index (χ4v) is 2.01. The summed E-state index contributed by atoms with van der Waals surface area (Å²) in [5.41, 5.74) is 1.75. The molecule has 1 aromatic rings. The van der Waals surface area contributed by atoms with E-state index in [1.807, 2.05) is 18.2 Å². The van der Waals surface area contributed by atoms with Gasteiger partial charge in [0, 0.05) is 22.3 Å². The summed E-state index contributed by atoms with van der Waals surface area (Å²) in [6.45, 7) is 0.434. The molecule has 0 bridgehead atoms. The summed E-state index contributed by atoms with van der Waals surface area (Å²) in [7, 11) is 0. The lowest BCUT2D eigenvalue weighted by atomic mass is 10.1. The molecule has 0 aromatic heterocycles. The Bertz CT molecular complexity index is 395. The Kier molecular flexibility index (Phi) is 3.04. The Morgan fingerprint density at radius 1 is 1.53 bits per heavy atom. The average Bonchev–Trinajstić information content (AvgIpc) is 2.50. The lowest BCUT2D eigenvalue weighted by molar-refractivity contribution is -0.117. The number of aliphatic hydroxyl groups is 1. The van der Waals surface area contributed by atoms with Crippen LogP contribution in [-0.4, -0.2) is 24.2 Å². The molecule has 4 nitrogen and oxygen atoms in total. The predicted octanol–water partition coefficient (Wildman–Crippen LogP) is 1.02. The van der Waals surface area contributed by atoms with Crippen molar-refractivity contribution in [1.29, 1.82) is 0 Å². The number of halogens is 1. The first-order chi connectivity index (χ1) is 7.22. The Balaban J connectivity index is 2.25. The average molecular weight is 271 g/mol. The number of anilines is 1. The molecule has 0 radical (unpaired) electrons. The maximum Gasteiger partial charge on any atom is 0.246 e. The molecule has 0 fully saturated rings. The molecule has 0 spiro atoms. The van der Waals surface area contributed by atoms with Crippen LogP contribution in [0.25, 0.3) is 0 Å². The summed E-state index contributed by atoms with van der Waals surface area (Å²) < 4.78 is 0.935. The molecule has 0 aliphatic carbocycles. The number of aliphatic hydroxyl groups excluding tert-OH is 1. The van der Waals surface area contributed by atoms with Crippen LogP contribution in [0.15, 0.2) is 22.7 Å². The van der Waals surface area contributed by atoms with Crippen molar-refractivity contribution in [2.75, 3.05) is 18.5 Å². The van der Waals surface area contributed by atoms with Crippen LogP contribution >= 0.6 is 15.9 Å². The number of carbonyl (C=O) groups is 1. The van der Waals surface area contributed by atoms with Crippen molar-refractivity contribution in [3.8, 4) is 0 Å². The van der Waals surface area contributed by atoms with Crippen LogP contribution < -0.4 is 10.6 Å². The molecule has 1 aliphatic rings. The summed E-state index contributed by atoms with van der Waals surface area (Å²) in [5, 5.41) is 14.5. The first-order valence-electron chi connectivity index (χ1n) is 4.67. The highest BCUT2D eigenvalue weighted by atomic mass is 79.9. The molecule has 80 valence electrons. The monoisotopic (exact) mass is 270 g/mol. The SMILES string of the molecule is O=C1Nc2cc(Br)ccc2C1NCCO. The van der Waals surface area contributed by atoms with Gasteiger partial charge in [0.05, 0.1) is 6.61 Å². The maximum atomic E-state index is 11.6. The second kappa shape index (κ2) is 4.30. The van der Waals surface area contributed by atoms with Crippen molar-refractivity contribution < 1.29 is 9.90 Å². The Morgan fingerprint density at radius 3 is 3.07 bits per heavy atom. The Hall–Kier alpha value is -0.910. The van der Waals surface area contributed by atoms with Crippen molar-refractivity contribution in [2.24, 2.45) is 0 Å². The van der Waals surface area contributed by atoms with Crippen molar-refractivity contribution >= 4 is 27.5 Å². The van der Waals surface area contributed by atoms with Gasteiger partial charge in [-0.3, -0.25) is 10.1 Å². The van der Waals surface area contributed by atoms with Crippen molar-refractivity contribution in [3.05, 3.63) is 28.2 Å². The van der Waals surface area contributed by atoms with E-state index in [0.717, 1.165) is 15.7 Å². The zero-order chi connectivity index (χ0) is 10.8. The van der Waals surface area contributed by atoms with E-state index in [0.29, 0.717) is 6.54 Å². The topological polar surface area (TPSA) is 61.4 Å². The van der Waals surface area contributed by atoms with Gasteiger partial charge >= 0.3 is 0 Å². The molecule has 1 aromatic carbocycles. The largest absolute Gasteiger partial charge is 0.395 e. The molecule has 1 heterocycles. The summed E-state index contributed by atoms with van der Waals surface area (Å²) in [5.74, 6) is -0.0726. The lowest BCUT2D eigenvalue weighted by Crippen LogP contribution is -2.29. The van der Waals surface area contributed by atoms with Crippen LogP contribution in [0.2, 0.25) is 0 Å². The molecule has 15 heavy (non-hydrogen) atoms. The van der Waals surface area contributed by atoms with Gasteiger partial charge in [-0.1, -0.05) is 22.0 Å².